The van der Waals surface area contributed by atoms with E-state index in [-0.39, 0.29) is 24.3 Å². The second-order valence-corrected chi connectivity index (χ2v) is 8.51. The lowest BCUT2D eigenvalue weighted by molar-refractivity contribution is -0.129. The zero-order chi connectivity index (χ0) is 19.8. The Bertz CT molecular complexity index is 712. The number of amidine groups is 1. The Kier molecular flexibility index (Phi) is 7.71. The van der Waals surface area contributed by atoms with Crippen LogP contribution in [0.4, 0.5) is 5.69 Å². The fourth-order valence-electron chi connectivity index (χ4n) is 3.80. The normalized spacial score (nSPS) is 22.7. The lowest BCUT2D eigenvalue weighted by Crippen LogP contribution is -2.42. The highest BCUT2D eigenvalue weighted by molar-refractivity contribution is 8.15. The summed E-state index contributed by atoms with van der Waals surface area (Å²) in [5.41, 5.74) is 0.750. The van der Waals surface area contributed by atoms with Crippen molar-refractivity contribution in [2.24, 2.45) is 4.99 Å². The number of hydrogen-bond donors (Lipinski definition) is 1. The average molecular weight is 400 g/mol. The molecule has 1 atom stereocenters. The van der Waals surface area contributed by atoms with E-state index in [2.05, 4.69) is 16.9 Å². The number of thioether (sulfide) groups is 1. The van der Waals surface area contributed by atoms with Crippen molar-refractivity contribution in [1.82, 2.24) is 4.90 Å². The second-order valence-electron chi connectivity index (χ2n) is 7.34. The number of carbonyl (C=O) groups is 2. The third-order valence-corrected chi connectivity index (χ3v) is 6.38. The average Bonchev–Trinajstić information content (AvgIpc) is 2.96. The molecule has 0 radical (unpaired) electrons. The van der Waals surface area contributed by atoms with E-state index in [9.17, 15) is 9.59 Å². The van der Waals surface area contributed by atoms with Crippen molar-refractivity contribution < 1.29 is 9.59 Å². The highest BCUT2D eigenvalue weighted by atomic mass is 32.2. The molecule has 0 unspecified atom stereocenters. The third kappa shape index (κ3) is 5.47. The first-order valence-electron chi connectivity index (χ1n) is 10.2. The number of nitrogens with one attached hydrogen (secondary N) is 1. The molecule has 2 fully saturated rings. The molecule has 5 nitrogen and oxygen atoms in total. The molecule has 28 heavy (non-hydrogen) atoms. The molecule has 1 aromatic rings. The number of aliphatic imine (C=N–C) groups is 1. The maximum Gasteiger partial charge on any atom is 0.242 e. The van der Waals surface area contributed by atoms with Gasteiger partial charge in [-0.3, -0.25) is 19.5 Å². The summed E-state index contributed by atoms with van der Waals surface area (Å²) in [6.45, 7) is 4.22. The number of nitrogens with zero attached hydrogens (tertiary/aromatic N) is 2. The number of anilines is 1. The van der Waals surface area contributed by atoms with Gasteiger partial charge in [0.25, 0.3) is 0 Å². The molecule has 0 aromatic heterocycles. The van der Waals surface area contributed by atoms with Crippen LogP contribution in [0, 0.1) is 0 Å². The molecule has 1 aliphatic carbocycles. The Labute approximate surface area is 171 Å². The molecule has 0 spiro atoms. The number of carbonyl (C=O) groups excluding carboxylic acids is 2. The van der Waals surface area contributed by atoms with E-state index in [0.29, 0.717) is 6.54 Å². The molecule has 0 bridgehead atoms. The van der Waals surface area contributed by atoms with Crippen LogP contribution in [0.1, 0.15) is 51.4 Å². The SMILES string of the molecule is C=CCN=C1S[C@H](CC(=O)Nc2ccccc2)C(=O)N1C1CCCCCCC1. The van der Waals surface area contributed by atoms with Crippen LogP contribution in [0.15, 0.2) is 48.0 Å². The largest absolute Gasteiger partial charge is 0.326 e. The molecule has 150 valence electrons. The van der Waals surface area contributed by atoms with E-state index in [1.165, 1.54) is 31.0 Å². The van der Waals surface area contributed by atoms with Gasteiger partial charge in [0.2, 0.25) is 11.8 Å². The predicted molar refractivity (Wildman–Crippen MR) is 117 cm³/mol. The van der Waals surface area contributed by atoms with Gasteiger partial charge in [-0.1, -0.05) is 68.1 Å². The van der Waals surface area contributed by atoms with Crippen molar-refractivity contribution >= 4 is 34.4 Å². The van der Waals surface area contributed by atoms with Gasteiger partial charge in [-0.2, -0.15) is 0 Å². The van der Waals surface area contributed by atoms with Gasteiger partial charge in [0, 0.05) is 18.2 Å². The van der Waals surface area contributed by atoms with Crippen LogP contribution in [-0.4, -0.2) is 39.7 Å². The minimum absolute atomic E-state index is 0.0293. The molecule has 1 saturated carbocycles. The zero-order valence-corrected chi connectivity index (χ0v) is 17.1. The summed E-state index contributed by atoms with van der Waals surface area (Å²) in [6, 6.07) is 9.55. The fraction of sp³-hybridized carbons (Fsp3) is 0.500. The molecule has 1 aliphatic heterocycles. The highest BCUT2D eigenvalue weighted by Gasteiger charge is 2.42. The van der Waals surface area contributed by atoms with Crippen LogP contribution in [0.3, 0.4) is 0 Å². The quantitative estimate of drug-likeness (QED) is 0.710. The fourth-order valence-corrected chi connectivity index (χ4v) is 5.00. The van der Waals surface area contributed by atoms with Crippen LogP contribution in [0.25, 0.3) is 0 Å². The van der Waals surface area contributed by atoms with Gasteiger partial charge in [0.15, 0.2) is 5.17 Å². The third-order valence-electron chi connectivity index (χ3n) is 5.19. The summed E-state index contributed by atoms with van der Waals surface area (Å²) in [5, 5.41) is 3.23. The molecule has 3 rings (SSSR count). The van der Waals surface area contributed by atoms with E-state index in [1.807, 2.05) is 35.2 Å². The van der Waals surface area contributed by atoms with Crippen molar-refractivity contribution in [3.63, 3.8) is 0 Å². The van der Waals surface area contributed by atoms with Gasteiger partial charge in [-0.15, -0.1) is 6.58 Å². The molecule has 6 heteroatoms. The first-order chi connectivity index (χ1) is 13.7. The first kappa shape index (κ1) is 20.6. The van der Waals surface area contributed by atoms with Crippen LogP contribution in [0.5, 0.6) is 0 Å². The van der Waals surface area contributed by atoms with E-state index in [4.69, 9.17) is 0 Å². The molecule has 1 saturated heterocycles. The van der Waals surface area contributed by atoms with E-state index < -0.39 is 5.25 Å². The zero-order valence-electron chi connectivity index (χ0n) is 16.3. The monoisotopic (exact) mass is 399 g/mol. The van der Waals surface area contributed by atoms with Crippen LogP contribution in [0.2, 0.25) is 0 Å². The van der Waals surface area contributed by atoms with E-state index >= 15 is 0 Å². The number of amides is 2. The van der Waals surface area contributed by atoms with Crippen molar-refractivity contribution in [1.29, 1.82) is 0 Å². The standard InChI is InChI=1S/C22H29N3O2S/c1-2-15-23-22-25(18-13-9-4-3-5-10-14-18)21(27)19(28-22)16-20(26)24-17-11-7-6-8-12-17/h2,6-8,11-12,18-19H,1,3-5,9-10,13-16H2,(H,24,26)/t19-/m1/s1. The number of para-hydroxylation sites is 1. The van der Waals surface area contributed by atoms with Gasteiger partial charge in [-0.05, 0) is 25.0 Å². The summed E-state index contributed by atoms with van der Waals surface area (Å²) in [7, 11) is 0. The van der Waals surface area contributed by atoms with Crippen molar-refractivity contribution in [2.75, 3.05) is 11.9 Å². The van der Waals surface area contributed by atoms with Crippen LogP contribution >= 0.6 is 11.8 Å². The summed E-state index contributed by atoms with van der Waals surface area (Å²) in [5.74, 6) is -0.110. The molecule has 2 aliphatic rings. The molecular formula is C22H29N3O2S. The summed E-state index contributed by atoms with van der Waals surface area (Å²) in [6.07, 6.45) is 9.97. The lowest BCUT2D eigenvalue weighted by atomic mass is 9.95. The minimum atomic E-state index is -0.405. The lowest BCUT2D eigenvalue weighted by Gasteiger charge is -2.29. The van der Waals surface area contributed by atoms with Gasteiger partial charge in [0.05, 0.1) is 6.54 Å². The van der Waals surface area contributed by atoms with Crippen LogP contribution in [-0.2, 0) is 9.59 Å². The van der Waals surface area contributed by atoms with Gasteiger partial charge >= 0.3 is 0 Å². The topological polar surface area (TPSA) is 61.8 Å². The summed E-state index contributed by atoms with van der Waals surface area (Å²) in [4.78, 5) is 32.1. The second kappa shape index (κ2) is 10.5. The Morgan fingerprint density at radius 1 is 1.18 bits per heavy atom. The van der Waals surface area contributed by atoms with E-state index in [0.717, 1.165) is 36.5 Å². The first-order valence-corrected chi connectivity index (χ1v) is 11.1. The molecule has 1 aromatic carbocycles. The molecule has 1 heterocycles. The van der Waals surface area contributed by atoms with Gasteiger partial charge in [-0.25, -0.2) is 0 Å². The Hall–Kier alpha value is -2.08. The highest BCUT2D eigenvalue weighted by Crippen LogP contribution is 2.35. The number of rotatable bonds is 6. The van der Waals surface area contributed by atoms with Crippen molar-refractivity contribution in [3.8, 4) is 0 Å². The maximum absolute atomic E-state index is 13.2. The predicted octanol–water partition coefficient (Wildman–Crippen LogP) is 4.61. The van der Waals surface area contributed by atoms with Gasteiger partial charge in [0.1, 0.15) is 5.25 Å². The molecule has 1 N–H and O–H groups in total. The Balaban J connectivity index is 1.69. The van der Waals surface area contributed by atoms with E-state index in [1.54, 1.807) is 6.08 Å². The minimum Gasteiger partial charge on any atom is -0.326 e. The van der Waals surface area contributed by atoms with Crippen LogP contribution < -0.4 is 5.32 Å². The Morgan fingerprint density at radius 3 is 2.54 bits per heavy atom. The maximum atomic E-state index is 13.2. The van der Waals surface area contributed by atoms with Gasteiger partial charge < -0.3 is 5.32 Å². The van der Waals surface area contributed by atoms with Crippen molar-refractivity contribution in [2.45, 2.75) is 62.7 Å². The molecular weight excluding hydrogens is 370 g/mol. The van der Waals surface area contributed by atoms with Crippen molar-refractivity contribution in [3.05, 3.63) is 43.0 Å². The number of hydrogen-bond acceptors (Lipinski definition) is 4. The summed E-state index contributed by atoms with van der Waals surface area (Å²) >= 11 is 1.43. The summed E-state index contributed by atoms with van der Waals surface area (Å²) < 4.78 is 0. The number of benzene rings is 1. The Morgan fingerprint density at radius 2 is 1.86 bits per heavy atom. The smallest absolute Gasteiger partial charge is 0.242 e. The molecule has 2 amide bonds.